The van der Waals surface area contributed by atoms with Crippen LogP contribution in [0.4, 0.5) is 18.3 Å². The van der Waals surface area contributed by atoms with Crippen molar-refractivity contribution in [2.24, 2.45) is 0 Å². The van der Waals surface area contributed by atoms with E-state index in [1.54, 1.807) is 0 Å². The van der Waals surface area contributed by atoms with Crippen molar-refractivity contribution in [1.82, 2.24) is 9.88 Å². The number of rotatable bonds is 5. The van der Waals surface area contributed by atoms with Gasteiger partial charge in [-0.3, -0.25) is 0 Å². The highest BCUT2D eigenvalue weighted by atomic mass is 32.1. The lowest BCUT2D eigenvalue weighted by atomic mass is 10.2. The summed E-state index contributed by atoms with van der Waals surface area (Å²) in [5.74, 6) is 0. The number of halogens is 3. The van der Waals surface area contributed by atoms with Crippen molar-refractivity contribution in [2.75, 3.05) is 25.5 Å². The lowest BCUT2D eigenvalue weighted by Gasteiger charge is -2.15. The molecule has 2 aromatic rings. The van der Waals surface area contributed by atoms with Crippen LogP contribution in [-0.2, 0) is 6.18 Å². The normalized spacial score (nSPS) is 15.9. The Hall–Kier alpha value is -1.34. The highest BCUT2D eigenvalue weighted by molar-refractivity contribution is 7.22. The van der Waals surface area contributed by atoms with Gasteiger partial charge < -0.3 is 10.2 Å². The molecule has 1 aliphatic rings. The summed E-state index contributed by atoms with van der Waals surface area (Å²) >= 11 is 1.38. The molecule has 21 heavy (non-hydrogen) atoms. The van der Waals surface area contributed by atoms with Gasteiger partial charge in [-0.25, -0.2) is 4.98 Å². The number of nitrogens with one attached hydrogen (secondary N) is 1. The molecule has 1 N–H and O–H groups in total. The van der Waals surface area contributed by atoms with E-state index >= 15 is 0 Å². The molecule has 0 unspecified atom stereocenters. The Morgan fingerprint density at radius 2 is 2.14 bits per heavy atom. The van der Waals surface area contributed by atoms with Gasteiger partial charge in [-0.1, -0.05) is 11.3 Å². The highest BCUT2D eigenvalue weighted by Gasteiger charge is 2.30. The molecule has 0 saturated heterocycles. The fourth-order valence-electron chi connectivity index (χ4n) is 2.22. The molecular formula is C14H16F3N3S. The molecule has 1 heterocycles. The summed E-state index contributed by atoms with van der Waals surface area (Å²) in [5.41, 5.74) is -0.256. The second kappa shape index (κ2) is 5.46. The second-order valence-corrected chi connectivity index (χ2v) is 6.37. The third-order valence-corrected chi connectivity index (χ3v) is 4.62. The Balaban J connectivity index is 1.66. The molecule has 0 amide bonds. The van der Waals surface area contributed by atoms with Gasteiger partial charge in [0, 0.05) is 19.1 Å². The van der Waals surface area contributed by atoms with Gasteiger partial charge in [-0.05, 0) is 38.1 Å². The number of thiazole rings is 1. The first-order valence-corrected chi connectivity index (χ1v) is 7.67. The molecule has 3 nitrogen and oxygen atoms in total. The third kappa shape index (κ3) is 3.47. The van der Waals surface area contributed by atoms with E-state index in [0.29, 0.717) is 16.7 Å². The zero-order valence-corrected chi connectivity index (χ0v) is 12.4. The molecule has 1 aromatic heterocycles. The van der Waals surface area contributed by atoms with Crippen molar-refractivity contribution in [1.29, 1.82) is 0 Å². The molecule has 0 atom stereocenters. The van der Waals surface area contributed by atoms with Crippen molar-refractivity contribution in [3.05, 3.63) is 23.8 Å². The minimum absolute atomic E-state index is 0.396. The molecule has 1 fully saturated rings. The largest absolute Gasteiger partial charge is 0.416 e. The molecule has 7 heteroatoms. The lowest BCUT2D eigenvalue weighted by Crippen LogP contribution is -2.26. The van der Waals surface area contributed by atoms with E-state index in [9.17, 15) is 13.2 Å². The number of aromatic nitrogens is 1. The van der Waals surface area contributed by atoms with Gasteiger partial charge in [0.25, 0.3) is 0 Å². The zero-order chi connectivity index (χ0) is 15.0. The van der Waals surface area contributed by atoms with Crippen LogP contribution in [0.1, 0.15) is 18.4 Å². The standard InChI is InChI=1S/C14H16F3N3S/c1-20(10-3-4-10)7-6-18-13-19-11-8-9(14(15,16)17)2-5-12(11)21-13/h2,5,8,10H,3-4,6-7H2,1H3,(H,18,19). The Morgan fingerprint density at radius 1 is 1.38 bits per heavy atom. The van der Waals surface area contributed by atoms with Crippen molar-refractivity contribution >= 4 is 26.7 Å². The van der Waals surface area contributed by atoms with Crippen LogP contribution < -0.4 is 5.32 Å². The number of likely N-dealkylation sites (N-methyl/N-ethyl adjacent to an activating group) is 1. The summed E-state index contributed by atoms with van der Waals surface area (Å²) in [6.45, 7) is 1.66. The second-order valence-electron chi connectivity index (χ2n) is 5.34. The fraction of sp³-hybridized carbons (Fsp3) is 0.500. The molecular weight excluding hydrogens is 299 g/mol. The minimum Gasteiger partial charge on any atom is -0.360 e. The zero-order valence-electron chi connectivity index (χ0n) is 11.6. The molecule has 0 spiro atoms. The molecule has 0 bridgehead atoms. The number of benzene rings is 1. The van der Waals surface area contributed by atoms with Crippen molar-refractivity contribution in [3.8, 4) is 0 Å². The maximum atomic E-state index is 12.7. The van der Waals surface area contributed by atoms with Gasteiger partial charge in [0.05, 0.1) is 15.8 Å². The number of nitrogens with zero attached hydrogens (tertiary/aromatic N) is 2. The number of alkyl halides is 3. The third-order valence-electron chi connectivity index (χ3n) is 3.63. The van der Waals surface area contributed by atoms with E-state index in [1.807, 2.05) is 0 Å². The average Bonchev–Trinajstić information content (AvgIpc) is 3.17. The SMILES string of the molecule is CN(CCNc1nc2cc(C(F)(F)F)ccc2s1)C1CC1. The van der Waals surface area contributed by atoms with Crippen LogP contribution in [0, 0.1) is 0 Å². The number of hydrogen-bond donors (Lipinski definition) is 1. The van der Waals surface area contributed by atoms with E-state index in [-0.39, 0.29) is 0 Å². The first kappa shape index (κ1) is 14.6. The predicted molar refractivity (Wildman–Crippen MR) is 78.8 cm³/mol. The van der Waals surface area contributed by atoms with Gasteiger partial charge in [-0.2, -0.15) is 13.2 Å². The fourth-order valence-corrected chi connectivity index (χ4v) is 3.09. The number of fused-ring (bicyclic) bond motifs is 1. The topological polar surface area (TPSA) is 28.2 Å². The van der Waals surface area contributed by atoms with Crippen LogP contribution in [0.3, 0.4) is 0 Å². The molecule has 1 saturated carbocycles. The summed E-state index contributed by atoms with van der Waals surface area (Å²) in [6.07, 6.45) is -1.80. The van der Waals surface area contributed by atoms with E-state index in [1.165, 1.54) is 30.2 Å². The predicted octanol–water partition coefficient (Wildman–Crippen LogP) is 3.82. The molecule has 1 aliphatic carbocycles. The van der Waals surface area contributed by atoms with Gasteiger partial charge in [0.1, 0.15) is 0 Å². The van der Waals surface area contributed by atoms with Gasteiger partial charge in [-0.15, -0.1) is 0 Å². The molecule has 1 aromatic carbocycles. The van der Waals surface area contributed by atoms with Gasteiger partial charge >= 0.3 is 6.18 Å². The first-order chi connectivity index (χ1) is 9.93. The summed E-state index contributed by atoms with van der Waals surface area (Å²) in [7, 11) is 2.09. The van der Waals surface area contributed by atoms with E-state index < -0.39 is 11.7 Å². The number of anilines is 1. The molecule has 3 rings (SSSR count). The van der Waals surface area contributed by atoms with E-state index in [2.05, 4.69) is 22.2 Å². The van der Waals surface area contributed by atoms with Crippen LogP contribution >= 0.6 is 11.3 Å². The smallest absolute Gasteiger partial charge is 0.360 e. The summed E-state index contributed by atoms with van der Waals surface area (Å²) in [4.78, 5) is 6.53. The van der Waals surface area contributed by atoms with Gasteiger partial charge in [0.2, 0.25) is 0 Å². The minimum atomic E-state index is -4.32. The van der Waals surface area contributed by atoms with Crippen molar-refractivity contribution < 1.29 is 13.2 Å². The molecule has 0 aliphatic heterocycles. The maximum Gasteiger partial charge on any atom is 0.416 e. The number of hydrogen-bond acceptors (Lipinski definition) is 4. The Morgan fingerprint density at radius 3 is 2.81 bits per heavy atom. The Kier molecular flexibility index (Phi) is 3.79. The van der Waals surface area contributed by atoms with Gasteiger partial charge in [0.15, 0.2) is 5.13 Å². The monoisotopic (exact) mass is 315 g/mol. The highest BCUT2D eigenvalue weighted by Crippen LogP contribution is 2.34. The lowest BCUT2D eigenvalue weighted by molar-refractivity contribution is -0.137. The molecule has 114 valence electrons. The van der Waals surface area contributed by atoms with E-state index in [4.69, 9.17) is 0 Å². The summed E-state index contributed by atoms with van der Waals surface area (Å²) < 4.78 is 38.7. The van der Waals surface area contributed by atoms with Crippen molar-refractivity contribution in [2.45, 2.75) is 25.1 Å². The van der Waals surface area contributed by atoms with Crippen LogP contribution in [0.2, 0.25) is 0 Å². The first-order valence-electron chi connectivity index (χ1n) is 6.85. The Bertz CT molecular complexity index is 634. The quantitative estimate of drug-likeness (QED) is 0.909. The summed E-state index contributed by atoms with van der Waals surface area (Å²) in [6, 6.07) is 4.40. The Labute approximate surface area is 124 Å². The summed E-state index contributed by atoms with van der Waals surface area (Å²) in [5, 5.41) is 3.86. The van der Waals surface area contributed by atoms with Crippen LogP contribution in [-0.4, -0.2) is 36.1 Å². The average molecular weight is 315 g/mol. The van der Waals surface area contributed by atoms with Crippen molar-refractivity contribution in [3.63, 3.8) is 0 Å². The van der Waals surface area contributed by atoms with Crippen LogP contribution in [0.5, 0.6) is 0 Å². The van der Waals surface area contributed by atoms with E-state index in [0.717, 1.165) is 29.9 Å². The van der Waals surface area contributed by atoms with Crippen LogP contribution in [0.25, 0.3) is 10.2 Å². The maximum absolute atomic E-state index is 12.7. The van der Waals surface area contributed by atoms with Crippen LogP contribution in [0.15, 0.2) is 18.2 Å². The molecule has 0 radical (unpaired) electrons.